The van der Waals surface area contributed by atoms with E-state index in [4.69, 9.17) is 0 Å². The summed E-state index contributed by atoms with van der Waals surface area (Å²) in [6, 6.07) is 7.79. The number of pyridine rings is 1. The minimum absolute atomic E-state index is 0.00668. The van der Waals surface area contributed by atoms with Gasteiger partial charge in [-0.15, -0.1) is 0 Å². The summed E-state index contributed by atoms with van der Waals surface area (Å²) in [6.45, 7) is 2.84. The van der Waals surface area contributed by atoms with Gasteiger partial charge in [-0.05, 0) is 54.4 Å². The van der Waals surface area contributed by atoms with E-state index >= 15 is 0 Å². The van der Waals surface area contributed by atoms with E-state index in [1.807, 2.05) is 31.2 Å². The summed E-state index contributed by atoms with van der Waals surface area (Å²) in [5, 5.41) is 7.28. The molecule has 5 heteroatoms. The molecule has 1 aliphatic heterocycles. The van der Waals surface area contributed by atoms with E-state index in [2.05, 4.69) is 31.5 Å². The van der Waals surface area contributed by atoms with E-state index in [0.29, 0.717) is 0 Å². The molecule has 0 spiro atoms. The number of nitrogens with one attached hydrogen (secondary N) is 2. The molecule has 1 aliphatic rings. The predicted molar refractivity (Wildman–Crippen MR) is 83.7 cm³/mol. The molecule has 0 saturated carbocycles. The van der Waals surface area contributed by atoms with Crippen molar-refractivity contribution in [1.29, 1.82) is 0 Å². The summed E-state index contributed by atoms with van der Waals surface area (Å²) in [5.74, 6) is 0.00668. The number of carbonyl (C=O) groups excluding carboxylic acids is 1. The van der Waals surface area contributed by atoms with Gasteiger partial charge < -0.3 is 10.6 Å². The van der Waals surface area contributed by atoms with E-state index in [1.54, 1.807) is 6.20 Å². The van der Waals surface area contributed by atoms with Crippen LogP contribution >= 0.6 is 15.9 Å². The van der Waals surface area contributed by atoms with Crippen molar-refractivity contribution in [3.8, 4) is 0 Å². The third kappa shape index (κ3) is 2.43. The van der Waals surface area contributed by atoms with Gasteiger partial charge in [0, 0.05) is 16.1 Å². The van der Waals surface area contributed by atoms with Gasteiger partial charge in [-0.1, -0.05) is 12.1 Å². The van der Waals surface area contributed by atoms with Gasteiger partial charge >= 0.3 is 0 Å². The fourth-order valence-corrected chi connectivity index (χ4v) is 2.93. The minimum atomic E-state index is -0.475. The van der Waals surface area contributed by atoms with Crippen molar-refractivity contribution in [1.82, 2.24) is 10.3 Å². The molecule has 1 unspecified atom stereocenters. The molecule has 0 aliphatic carbocycles. The van der Waals surface area contributed by atoms with Crippen LogP contribution < -0.4 is 10.6 Å². The Morgan fingerprint density at radius 3 is 3.10 bits per heavy atom. The Labute approximate surface area is 126 Å². The third-order valence-corrected chi connectivity index (χ3v) is 4.23. The van der Waals surface area contributed by atoms with Crippen LogP contribution in [0.25, 0.3) is 10.9 Å². The first-order valence-electron chi connectivity index (χ1n) is 6.69. The Morgan fingerprint density at radius 1 is 1.50 bits per heavy atom. The van der Waals surface area contributed by atoms with Crippen LogP contribution in [0.15, 0.2) is 34.9 Å². The van der Waals surface area contributed by atoms with Crippen molar-refractivity contribution in [3.05, 3.63) is 34.9 Å². The molecule has 1 saturated heterocycles. The highest BCUT2D eigenvalue weighted by Crippen LogP contribution is 2.26. The number of fused-ring (bicyclic) bond motifs is 1. The number of hydrogen-bond acceptors (Lipinski definition) is 3. The van der Waals surface area contributed by atoms with Crippen LogP contribution in [-0.2, 0) is 4.79 Å². The molecule has 3 rings (SSSR count). The lowest BCUT2D eigenvalue weighted by Gasteiger charge is -2.23. The van der Waals surface area contributed by atoms with Crippen molar-refractivity contribution in [2.45, 2.75) is 25.3 Å². The molecule has 0 bridgehead atoms. The largest absolute Gasteiger partial charge is 0.323 e. The fraction of sp³-hybridized carbons (Fsp3) is 0.333. The van der Waals surface area contributed by atoms with Crippen LogP contribution in [0.4, 0.5) is 5.69 Å². The highest BCUT2D eigenvalue weighted by atomic mass is 79.9. The second kappa shape index (κ2) is 5.14. The molecule has 20 heavy (non-hydrogen) atoms. The van der Waals surface area contributed by atoms with Crippen molar-refractivity contribution in [2.75, 3.05) is 11.9 Å². The van der Waals surface area contributed by atoms with E-state index in [9.17, 15) is 4.79 Å². The molecule has 2 heterocycles. The highest BCUT2D eigenvalue weighted by molar-refractivity contribution is 9.10. The van der Waals surface area contributed by atoms with Gasteiger partial charge in [-0.25, -0.2) is 0 Å². The molecule has 0 radical (unpaired) electrons. The van der Waals surface area contributed by atoms with Crippen LogP contribution in [-0.4, -0.2) is 23.0 Å². The monoisotopic (exact) mass is 333 g/mol. The molecule has 2 N–H and O–H groups in total. The van der Waals surface area contributed by atoms with Crippen LogP contribution in [0.1, 0.15) is 19.8 Å². The summed E-state index contributed by atoms with van der Waals surface area (Å²) >= 11 is 3.41. The van der Waals surface area contributed by atoms with Crippen molar-refractivity contribution in [3.63, 3.8) is 0 Å². The molecule has 1 atom stereocenters. The maximum atomic E-state index is 12.4. The summed E-state index contributed by atoms with van der Waals surface area (Å²) < 4.78 is 0.929. The number of para-hydroxylation sites is 1. The zero-order valence-corrected chi connectivity index (χ0v) is 12.8. The molecular weight excluding hydrogens is 318 g/mol. The number of nitrogens with zero attached hydrogens (tertiary/aromatic N) is 1. The smallest absolute Gasteiger partial charge is 0.244 e. The van der Waals surface area contributed by atoms with Crippen molar-refractivity contribution >= 4 is 38.4 Å². The van der Waals surface area contributed by atoms with E-state index < -0.39 is 5.54 Å². The van der Waals surface area contributed by atoms with Gasteiger partial charge in [0.15, 0.2) is 0 Å². The zero-order chi connectivity index (χ0) is 14.2. The Hall–Kier alpha value is -1.46. The second-order valence-electron chi connectivity index (χ2n) is 5.35. The van der Waals surface area contributed by atoms with Gasteiger partial charge in [-0.2, -0.15) is 0 Å². The Balaban J connectivity index is 1.93. The highest BCUT2D eigenvalue weighted by Gasteiger charge is 2.36. The lowest BCUT2D eigenvalue weighted by Crippen LogP contribution is -2.48. The average Bonchev–Trinajstić information content (AvgIpc) is 2.87. The number of amides is 1. The number of aromatic nitrogens is 1. The minimum Gasteiger partial charge on any atom is -0.323 e. The quantitative estimate of drug-likeness (QED) is 0.887. The Kier molecular flexibility index (Phi) is 3.48. The second-order valence-corrected chi connectivity index (χ2v) is 6.26. The maximum Gasteiger partial charge on any atom is 0.244 e. The molecule has 1 fully saturated rings. The van der Waals surface area contributed by atoms with E-state index in [-0.39, 0.29) is 5.91 Å². The molecule has 104 valence electrons. The summed E-state index contributed by atoms with van der Waals surface area (Å²) in [4.78, 5) is 16.8. The van der Waals surface area contributed by atoms with Crippen molar-refractivity contribution < 1.29 is 4.79 Å². The standard InChI is InChI=1S/C15H16BrN3O/c1-15(6-3-7-18-15)14(20)19-12-5-2-4-10-8-11(16)9-17-13(10)12/h2,4-5,8-9,18H,3,6-7H2,1H3,(H,19,20). The summed E-state index contributed by atoms with van der Waals surface area (Å²) in [7, 11) is 0. The van der Waals surface area contributed by atoms with E-state index in [0.717, 1.165) is 40.4 Å². The van der Waals surface area contributed by atoms with Gasteiger partial charge in [0.2, 0.25) is 5.91 Å². The predicted octanol–water partition coefficient (Wildman–Crippen LogP) is 3.08. The molecule has 1 aromatic carbocycles. The SMILES string of the molecule is CC1(C(=O)Nc2cccc3cc(Br)cnc23)CCCN1. The van der Waals surface area contributed by atoms with Crippen LogP contribution in [0.5, 0.6) is 0 Å². The molecular formula is C15H16BrN3O. The number of benzene rings is 1. The topological polar surface area (TPSA) is 54.0 Å². The number of carbonyl (C=O) groups is 1. The summed E-state index contributed by atoms with van der Waals surface area (Å²) in [5.41, 5.74) is 1.10. The Morgan fingerprint density at radius 2 is 2.35 bits per heavy atom. The molecule has 2 aromatic rings. The molecule has 4 nitrogen and oxygen atoms in total. The van der Waals surface area contributed by atoms with E-state index in [1.165, 1.54) is 0 Å². The van der Waals surface area contributed by atoms with Crippen LogP contribution in [0.3, 0.4) is 0 Å². The van der Waals surface area contributed by atoms with Gasteiger partial charge in [0.25, 0.3) is 0 Å². The van der Waals surface area contributed by atoms with Gasteiger partial charge in [0.1, 0.15) is 0 Å². The summed E-state index contributed by atoms with van der Waals surface area (Å²) in [6.07, 6.45) is 3.64. The average molecular weight is 334 g/mol. The first-order chi connectivity index (χ1) is 9.58. The lowest BCUT2D eigenvalue weighted by molar-refractivity contribution is -0.121. The first-order valence-corrected chi connectivity index (χ1v) is 7.49. The normalized spacial score (nSPS) is 22.1. The molecule has 1 aromatic heterocycles. The number of hydrogen-bond donors (Lipinski definition) is 2. The van der Waals surface area contributed by atoms with Crippen LogP contribution in [0.2, 0.25) is 0 Å². The Bertz CT molecular complexity index is 665. The van der Waals surface area contributed by atoms with Gasteiger partial charge in [0.05, 0.1) is 16.7 Å². The van der Waals surface area contributed by atoms with Crippen molar-refractivity contribution in [2.24, 2.45) is 0 Å². The van der Waals surface area contributed by atoms with Crippen LogP contribution in [0, 0.1) is 0 Å². The lowest BCUT2D eigenvalue weighted by atomic mass is 9.99. The zero-order valence-electron chi connectivity index (χ0n) is 11.2. The fourth-order valence-electron chi connectivity index (χ4n) is 2.58. The molecule has 1 amide bonds. The maximum absolute atomic E-state index is 12.4. The van der Waals surface area contributed by atoms with Gasteiger partial charge in [-0.3, -0.25) is 9.78 Å². The number of halogens is 1. The number of rotatable bonds is 2. The number of anilines is 1. The third-order valence-electron chi connectivity index (χ3n) is 3.80. The first kappa shape index (κ1) is 13.5.